The Morgan fingerprint density at radius 3 is 2.22 bits per heavy atom. The Bertz CT molecular complexity index is 1190. The van der Waals surface area contributed by atoms with E-state index in [0.29, 0.717) is 5.69 Å². The molecule has 5 nitrogen and oxygen atoms in total. The van der Waals surface area contributed by atoms with Crippen LogP contribution in [0.1, 0.15) is 36.6 Å². The molecule has 2 N–H and O–H groups in total. The number of rotatable bonds is 8. The van der Waals surface area contributed by atoms with Crippen LogP contribution in [0, 0.1) is 12.8 Å². The zero-order chi connectivity index (χ0) is 23.3. The van der Waals surface area contributed by atoms with Crippen molar-refractivity contribution in [3.05, 3.63) is 89.5 Å². The van der Waals surface area contributed by atoms with Crippen molar-refractivity contribution in [2.45, 2.75) is 36.6 Å². The van der Waals surface area contributed by atoms with Gasteiger partial charge in [0.15, 0.2) is 0 Å². The zero-order valence-electron chi connectivity index (χ0n) is 18.6. The number of aryl methyl sites for hydroxylation is 1. The lowest BCUT2D eigenvalue weighted by molar-refractivity contribution is -0.118. The molecule has 0 radical (unpaired) electrons. The van der Waals surface area contributed by atoms with Crippen molar-refractivity contribution in [2.75, 3.05) is 11.6 Å². The second-order valence-electron chi connectivity index (χ2n) is 7.89. The van der Waals surface area contributed by atoms with E-state index in [1.807, 2.05) is 67.8 Å². The molecule has 0 fully saturated rings. The monoisotopic (exact) mass is 468 g/mol. The van der Waals surface area contributed by atoms with Crippen molar-refractivity contribution >= 4 is 33.4 Å². The molecule has 168 valence electrons. The number of nitrogens with one attached hydrogen (secondary N) is 2. The fourth-order valence-electron chi connectivity index (χ4n) is 3.28. The van der Waals surface area contributed by atoms with Crippen LogP contribution in [0.4, 0.5) is 5.69 Å². The van der Waals surface area contributed by atoms with E-state index in [9.17, 15) is 13.2 Å². The second-order valence-corrected chi connectivity index (χ2v) is 10.4. The molecule has 0 saturated heterocycles. The summed E-state index contributed by atoms with van der Waals surface area (Å²) in [6.07, 6.45) is 1.88. The summed E-state index contributed by atoms with van der Waals surface area (Å²) < 4.78 is 29.7. The summed E-state index contributed by atoms with van der Waals surface area (Å²) >= 11 is 1.45. The molecule has 32 heavy (non-hydrogen) atoms. The highest BCUT2D eigenvalue weighted by Crippen LogP contribution is 2.30. The maximum Gasteiger partial charge on any atom is 0.241 e. The summed E-state index contributed by atoms with van der Waals surface area (Å²) in [5, 5.41) is 2.85. The molecule has 7 heteroatoms. The number of carbonyl (C=O) groups is 1. The number of hydrogen-bond donors (Lipinski definition) is 2. The van der Waals surface area contributed by atoms with Crippen LogP contribution >= 0.6 is 11.8 Å². The molecule has 0 spiro atoms. The van der Waals surface area contributed by atoms with Crippen molar-refractivity contribution in [3.63, 3.8) is 0 Å². The molecule has 1 amide bonds. The van der Waals surface area contributed by atoms with Crippen LogP contribution in [0.15, 0.2) is 82.6 Å². The molecule has 0 aromatic heterocycles. The molecule has 0 bridgehead atoms. The van der Waals surface area contributed by atoms with Gasteiger partial charge in [-0.1, -0.05) is 74.0 Å². The van der Waals surface area contributed by atoms with Gasteiger partial charge in [0.1, 0.15) is 0 Å². The van der Waals surface area contributed by atoms with E-state index in [0.717, 1.165) is 21.6 Å². The number of carbonyl (C=O) groups excluding carboxylic acids is 1. The average Bonchev–Trinajstić information content (AvgIpc) is 2.78. The summed E-state index contributed by atoms with van der Waals surface area (Å²) in [7, 11) is -3.88. The maximum atomic E-state index is 13.4. The molecular weight excluding hydrogens is 440 g/mol. The molecule has 0 heterocycles. The quantitative estimate of drug-likeness (QED) is 0.435. The van der Waals surface area contributed by atoms with Gasteiger partial charge in [-0.2, -0.15) is 4.72 Å². The van der Waals surface area contributed by atoms with Crippen molar-refractivity contribution in [1.82, 2.24) is 4.72 Å². The predicted molar refractivity (Wildman–Crippen MR) is 131 cm³/mol. The Kier molecular flexibility index (Phi) is 7.77. The number of thioether (sulfide) groups is 1. The summed E-state index contributed by atoms with van der Waals surface area (Å²) in [6.45, 7) is 5.57. The van der Waals surface area contributed by atoms with E-state index in [2.05, 4.69) is 10.0 Å². The van der Waals surface area contributed by atoms with Crippen LogP contribution in [0.2, 0.25) is 0 Å². The zero-order valence-corrected chi connectivity index (χ0v) is 20.3. The predicted octanol–water partition coefficient (Wildman–Crippen LogP) is 5.38. The minimum absolute atomic E-state index is 0.0999. The molecule has 0 unspecified atom stereocenters. The van der Waals surface area contributed by atoms with Crippen molar-refractivity contribution in [1.29, 1.82) is 0 Å². The lowest BCUT2D eigenvalue weighted by Gasteiger charge is -2.21. The molecule has 1 atom stereocenters. The lowest BCUT2D eigenvalue weighted by Crippen LogP contribution is -2.29. The minimum Gasteiger partial charge on any atom is -0.325 e. The summed E-state index contributed by atoms with van der Waals surface area (Å²) in [4.78, 5) is 13.1. The Hall–Kier alpha value is -2.61. The van der Waals surface area contributed by atoms with Gasteiger partial charge in [0.25, 0.3) is 0 Å². The first-order chi connectivity index (χ1) is 15.2. The van der Waals surface area contributed by atoms with Crippen LogP contribution in [0.5, 0.6) is 0 Å². The normalized spacial score (nSPS) is 12.5. The van der Waals surface area contributed by atoms with Crippen LogP contribution in [0.25, 0.3) is 0 Å². The number of amides is 1. The number of sulfonamides is 1. The summed E-state index contributed by atoms with van der Waals surface area (Å²) in [5.41, 5.74) is 3.24. The fourth-order valence-corrected chi connectivity index (χ4v) is 5.05. The van der Waals surface area contributed by atoms with E-state index in [1.54, 1.807) is 26.0 Å². The van der Waals surface area contributed by atoms with Gasteiger partial charge >= 0.3 is 0 Å². The van der Waals surface area contributed by atoms with Gasteiger partial charge in [-0.3, -0.25) is 4.79 Å². The third kappa shape index (κ3) is 5.79. The van der Waals surface area contributed by atoms with E-state index in [1.165, 1.54) is 17.8 Å². The number of benzene rings is 3. The Morgan fingerprint density at radius 1 is 0.906 bits per heavy atom. The standard InChI is InChI=1S/C25H28N2O3S2/c1-17(2)25(28)26-22-16-21(13-14-23(22)31-4)32(29,30)27-24(19-10-6-5-7-11-19)20-12-8-9-18(3)15-20/h5-17,24,27H,1-4H3,(H,26,28)/t24-/m1/s1. The highest BCUT2D eigenvalue weighted by atomic mass is 32.2. The first-order valence-electron chi connectivity index (χ1n) is 10.3. The van der Waals surface area contributed by atoms with Crippen molar-refractivity contribution in [3.8, 4) is 0 Å². The average molecular weight is 469 g/mol. The van der Waals surface area contributed by atoms with Crippen molar-refractivity contribution < 1.29 is 13.2 Å². The van der Waals surface area contributed by atoms with Gasteiger partial charge < -0.3 is 5.32 Å². The van der Waals surface area contributed by atoms with Crippen LogP contribution in [-0.4, -0.2) is 20.6 Å². The molecular formula is C25H28N2O3S2. The van der Waals surface area contributed by atoms with Gasteiger partial charge in [0.2, 0.25) is 15.9 Å². The highest BCUT2D eigenvalue weighted by Gasteiger charge is 2.24. The van der Waals surface area contributed by atoms with E-state index in [-0.39, 0.29) is 16.7 Å². The summed E-state index contributed by atoms with van der Waals surface area (Å²) in [6, 6.07) is 21.5. The Balaban J connectivity index is 2.01. The van der Waals surface area contributed by atoms with Gasteiger partial charge in [0.05, 0.1) is 16.6 Å². The van der Waals surface area contributed by atoms with Crippen LogP contribution in [0.3, 0.4) is 0 Å². The Labute approximate surface area is 194 Å². The fraction of sp³-hybridized carbons (Fsp3) is 0.240. The van der Waals surface area contributed by atoms with Crippen LogP contribution in [-0.2, 0) is 14.8 Å². The molecule has 0 aliphatic rings. The highest BCUT2D eigenvalue weighted by molar-refractivity contribution is 7.98. The second kappa shape index (κ2) is 10.3. The Morgan fingerprint density at radius 2 is 1.59 bits per heavy atom. The van der Waals surface area contributed by atoms with E-state index < -0.39 is 16.1 Å². The third-order valence-electron chi connectivity index (χ3n) is 5.04. The van der Waals surface area contributed by atoms with E-state index in [4.69, 9.17) is 0 Å². The maximum absolute atomic E-state index is 13.4. The first-order valence-corrected chi connectivity index (χ1v) is 13.0. The lowest BCUT2D eigenvalue weighted by atomic mass is 9.98. The molecule has 3 aromatic rings. The third-order valence-corrected chi connectivity index (χ3v) is 7.26. The number of anilines is 1. The smallest absolute Gasteiger partial charge is 0.241 e. The van der Waals surface area contributed by atoms with E-state index >= 15 is 0 Å². The summed E-state index contributed by atoms with van der Waals surface area (Å²) in [5.74, 6) is -0.378. The first kappa shape index (κ1) is 24.0. The molecule has 0 saturated carbocycles. The topological polar surface area (TPSA) is 75.3 Å². The number of hydrogen-bond acceptors (Lipinski definition) is 4. The van der Waals surface area contributed by atoms with Crippen LogP contribution < -0.4 is 10.0 Å². The van der Waals surface area contributed by atoms with Gasteiger partial charge in [-0.25, -0.2) is 8.42 Å². The molecule has 3 aromatic carbocycles. The van der Waals surface area contributed by atoms with Crippen molar-refractivity contribution in [2.24, 2.45) is 5.92 Å². The minimum atomic E-state index is -3.88. The largest absolute Gasteiger partial charge is 0.325 e. The van der Waals surface area contributed by atoms with Gasteiger partial charge in [-0.15, -0.1) is 11.8 Å². The SMILES string of the molecule is CSc1ccc(S(=O)(=O)N[C@H](c2ccccc2)c2cccc(C)c2)cc1NC(=O)C(C)C. The molecule has 0 aliphatic heterocycles. The molecule has 0 aliphatic carbocycles. The van der Waals surface area contributed by atoms with Gasteiger partial charge in [0, 0.05) is 10.8 Å². The van der Waals surface area contributed by atoms with Gasteiger partial charge in [-0.05, 0) is 42.5 Å². The molecule has 3 rings (SSSR count).